The fraction of sp³-hybridized carbons (Fsp3) is 0.318. The van der Waals surface area contributed by atoms with Gasteiger partial charge in [0.1, 0.15) is 17.7 Å². The lowest BCUT2D eigenvalue weighted by Gasteiger charge is -2.14. The number of nitrogens with zero attached hydrogens (tertiary/aromatic N) is 4. The van der Waals surface area contributed by atoms with Gasteiger partial charge in [-0.2, -0.15) is 10.4 Å². The largest absolute Gasteiger partial charge is 0.354 e. The van der Waals surface area contributed by atoms with Crippen LogP contribution in [0.15, 0.2) is 36.4 Å². The Bertz CT molecular complexity index is 1110. The third-order valence-electron chi connectivity index (χ3n) is 4.75. The van der Waals surface area contributed by atoms with Gasteiger partial charge in [0.05, 0.1) is 5.69 Å². The van der Waals surface area contributed by atoms with Gasteiger partial charge in [-0.3, -0.25) is 9.59 Å². The third-order valence-corrected chi connectivity index (χ3v) is 4.75. The molecule has 2 amide bonds. The van der Waals surface area contributed by atoms with Crippen LogP contribution in [-0.2, 0) is 11.2 Å². The van der Waals surface area contributed by atoms with Crippen LogP contribution < -0.4 is 10.6 Å². The molecule has 0 spiro atoms. The SMILES string of the molecule is Cc1cc(C)n2nc(CCCNC(=O)[C@@H](C)NC(=O)c3ccccc3)c(C#N)c2n1. The normalized spacial score (nSPS) is 11.7. The summed E-state index contributed by atoms with van der Waals surface area (Å²) in [5, 5.41) is 19.5. The highest BCUT2D eigenvalue weighted by Gasteiger charge is 2.17. The average Bonchev–Trinajstić information content (AvgIpc) is 3.09. The van der Waals surface area contributed by atoms with Crippen LogP contribution in [-0.4, -0.2) is 39.0 Å². The molecule has 3 rings (SSSR count). The molecule has 3 aromatic rings. The Morgan fingerprint density at radius 3 is 2.67 bits per heavy atom. The zero-order valence-electron chi connectivity index (χ0n) is 17.3. The fourth-order valence-corrected chi connectivity index (χ4v) is 3.21. The van der Waals surface area contributed by atoms with E-state index in [0.717, 1.165) is 11.4 Å². The second kappa shape index (κ2) is 9.18. The van der Waals surface area contributed by atoms with E-state index >= 15 is 0 Å². The van der Waals surface area contributed by atoms with Crippen LogP contribution in [0.4, 0.5) is 0 Å². The predicted molar refractivity (Wildman–Crippen MR) is 112 cm³/mol. The molecular formula is C22H24N6O2. The first-order valence-electron chi connectivity index (χ1n) is 9.80. The van der Waals surface area contributed by atoms with Crippen LogP contribution in [0, 0.1) is 25.2 Å². The van der Waals surface area contributed by atoms with Crippen molar-refractivity contribution in [2.24, 2.45) is 0 Å². The monoisotopic (exact) mass is 404 g/mol. The number of hydrogen-bond acceptors (Lipinski definition) is 5. The maximum atomic E-state index is 12.3. The molecule has 0 aliphatic heterocycles. The Labute approximate surface area is 174 Å². The zero-order valence-corrected chi connectivity index (χ0v) is 17.3. The fourth-order valence-electron chi connectivity index (χ4n) is 3.21. The second-order valence-corrected chi connectivity index (χ2v) is 7.16. The summed E-state index contributed by atoms with van der Waals surface area (Å²) >= 11 is 0. The van der Waals surface area contributed by atoms with Crippen LogP contribution in [0.25, 0.3) is 5.65 Å². The summed E-state index contributed by atoms with van der Waals surface area (Å²) in [6.07, 6.45) is 1.15. The minimum absolute atomic E-state index is 0.261. The summed E-state index contributed by atoms with van der Waals surface area (Å²) in [7, 11) is 0. The first kappa shape index (κ1) is 21.0. The first-order valence-corrected chi connectivity index (χ1v) is 9.80. The minimum atomic E-state index is -0.655. The molecule has 0 fully saturated rings. The van der Waals surface area contributed by atoms with Gasteiger partial charge in [-0.25, -0.2) is 9.50 Å². The van der Waals surface area contributed by atoms with E-state index < -0.39 is 6.04 Å². The van der Waals surface area contributed by atoms with Crippen molar-refractivity contribution in [3.63, 3.8) is 0 Å². The number of hydrogen-bond donors (Lipinski definition) is 2. The molecule has 0 saturated carbocycles. The van der Waals surface area contributed by atoms with Crippen molar-refractivity contribution in [3.8, 4) is 6.07 Å². The number of fused-ring (bicyclic) bond motifs is 1. The summed E-state index contributed by atoms with van der Waals surface area (Å²) in [6, 6.07) is 12.2. The van der Waals surface area contributed by atoms with E-state index in [2.05, 4.69) is 26.8 Å². The molecule has 154 valence electrons. The molecule has 30 heavy (non-hydrogen) atoms. The van der Waals surface area contributed by atoms with Crippen molar-refractivity contribution >= 4 is 17.5 Å². The van der Waals surface area contributed by atoms with Crippen LogP contribution in [0.3, 0.4) is 0 Å². The van der Waals surface area contributed by atoms with Crippen molar-refractivity contribution < 1.29 is 9.59 Å². The number of benzene rings is 1. The van der Waals surface area contributed by atoms with Crippen molar-refractivity contribution in [1.29, 1.82) is 5.26 Å². The molecule has 0 unspecified atom stereocenters. The molecule has 0 saturated heterocycles. The lowest BCUT2D eigenvalue weighted by Crippen LogP contribution is -2.45. The molecule has 2 heterocycles. The van der Waals surface area contributed by atoms with E-state index in [1.807, 2.05) is 26.0 Å². The van der Waals surface area contributed by atoms with E-state index in [0.29, 0.717) is 41.9 Å². The molecule has 2 N–H and O–H groups in total. The van der Waals surface area contributed by atoms with Gasteiger partial charge < -0.3 is 10.6 Å². The van der Waals surface area contributed by atoms with Crippen molar-refractivity contribution in [3.05, 3.63) is 64.6 Å². The molecule has 1 aromatic carbocycles. The summed E-state index contributed by atoms with van der Waals surface area (Å²) in [6.45, 7) is 5.86. The van der Waals surface area contributed by atoms with E-state index in [-0.39, 0.29) is 11.8 Å². The average molecular weight is 404 g/mol. The van der Waals surface area contributed by atoms with Gasteiger partial charge in [-0.05, 0) is 51.8 Å². The van der Waals surface area contributed by atoms with Crippen molar-refractivity contribution in [1.82, 2.24) is 25.2 Å². The number of carbonyl (C=O) groups excluding carboxylic acids is 2. The van der Waals surface area contributed by atoms with Gasteiger partial charge in [0.25, 0.3) is 5.91 Å². The summed E-state index contributed by atoms with van der Waals surface area (Å²) in [5.74, 6) is -0.553. The van der Waals surface area contributed by atoms with E-state index in [4.69, 9.17) is 0 Å². The topological polar surface area (TPSA) is 112 Å². The summed E-state index contributed by atoms with van der Waals surface area (Å²) < 4.78 is 1.68. The Balaban J connectivity index is 1.53. The number of aryl methyl sites for hydroxylation is 3. The Morgan fingerprint density at radius 2 is 1.97 bits per heavy atom. The Morgan fingerprint density at radius 1 is 1.23 bits per heavy atom. The lowest BCUT2D eigenvalue weighted by molar-refractivity contribution is -0.122. The van der Waals surface area contributed by atoms with Crippen LogP contribution in [0.2, 0.25) is 0 Å². The van der Waals surface area contributed by atoms with Gasteiger partial charge in [0.2, 0.25) is 5.91 Å². The quantitative estimate of drug-likeness (QED) is 0.586. The van der Waals surface area contributed by atoms with Gasteiger partial charge >= 0.3 is 0 Å². The smallest absolute Gasteiger partial charge is 0.251 e. The number of nitriles is 1. The van der Waals surface area contributed by atoms with Crippen LogP contribution in [0.1, 0.15) is 46.3 Å². The molecule has 0 bridgehead atoms. The summed E-state index contributed by atoms with van der Waals surface area (Å²) in [4.78, 5) is 28.8. The maximum absolute atomic E-state index is 12.3. The number of aromatic nitrogens is 3. The first-order chi connectivity index (χ1) is 14.4. The molecule has 0 aliphatic rings. The molecule has 8 heteroatoms. The number of rotatable bonds is 7. The highest BCUT2D eigenvalue weighted by Crippen LogP contribution is 2.17. The Kier molecular flexibility index (Phi) is 6.42. The molecule has 2 aromatic heterocycles. The van der Waals surface area contributed by atoms with E-state index in [9.17, 15) is 14.9 Å². The van der Waals surface area contributed by atoms with Crippen LogP contribution in [0.5, 0.6) is 0 Å². The highest BCUT2D eigenvalue weighted by atomic mass is 16.2. The van der Waals surface area contributed by atoms with Crippen LogP contribution >= 0.6 is 0 Å². The van der Waals surface area contributed by atoms with Gasteiger partial charge in [0, 0.05) is 23.5 Å². The van der Waals surface area contributed by atoms with Gasteiger partial charge in [-0.1, -0.05) is 18.2 Å². The van der Waals surface area contributed by atoms with Gasteiger partial charge in [-0.15, -0.1) is 0 Å². The molecular weight excluding hydrogens is 380 g/mol. The standard InChI is InChI=1S/C22H24N6O2/c1-14-12-15(2)28-20(25-14)18(13-23)19(27-28)10-7-11-24-21(29)16(3)26-22(30)17-8-5-4-6-9-17/h4-6,8-9,12,16H,7,10-11H2,1-3H3,(H,24,29)(H,26,30)/t16-/m1/s1. The number of amides is 2. The highest BCUT2D eigenvalue weighted by molar-refractivity contribution is 5.97. The maximum Gasteiger partial charge on any atom is 0.251 e. The zero-order chi connectivity index (χ0) is 21.7. The number of nitrogens with one attached hydrogen (secondary N) is 2. The molecule has 0 aliphatic carbocycles. The second-order valence-electron chi connectivity index (χ2n) is 7.16. The third kappa shape index (κ3) is 4.63. The minimum Gasteiger partial charge on any atom is -0.354 e. The molecule has 1 atom stereocenters. The Hall–Kier alpha value is -3.73. The predicted octanol–water partition coefficient (Wildman–Crippen LogP) is 2.09. The van der Waals surface area contributed by atoms with E-state index in [1.165, 1.54) is 0 Å². The molecule has 0 radical (unpaired) electrons. The number of carbonyl (C=O) groups is 2. The van der Waals surface area contributed by atoms with E-state index in [1.54, 1.807) is 35.7 Å². The lowest BCUT2D eigenvalue weighted by atomic mass is 10.1. The van der Waals surface area contributed by atoms with Crippen molar-refractivity contribution in [2.75, 3.05) is 6.54 Å². The van der Waals surface area contributed by atoms with Crippen molar-refractivity contribution in [2.45, 2.75) is 39.7 Å². The summed E-state index contributed by atoms with van der Waals surface area (Å²) in [5.41, 5.74) is 3.95. The molecule has 8 nitrogen and oxygen atoms in total. The van der Waals surface area contributed by atoms with Gasteiger partial charge in [0.15, 0.2) is 5.65 Å².